The van der Waals surface area contributed by atoms with Crippen molar-refractivity contribution in [2.45, 2.75) is 49.3 Å². The average molecular weight is 717 g/mol. The number of pyridine rings is 1. The Kier molecular flexibility index (Phi) is 11.7. The van der Waals surface area contributed by atoms with Crippen LogP contribution in [0.2, 0.25) is 10.0 Å². The van der Waals surface area contributed by atoms with Crippen LogP contribution in [0.4, 0.5) is 8.78 Å². The quantitative estimate of drug-likeness (QED) is 0.225. The molecule has 47 heavy (non-hydrogen) atoms. The van der Waals surface area contributed by atoms with Crippen molar-refractivity contribution in [2.75, 3.05) is 27.2 Å². The summed E-state index contributed by atoms with van der Waals surface area (Å²) in [5.41, 5.74) is 0.983. The molecular formula is C31H33Cl2F2N3O8S. The fourth-order valence-electron chi connectivity index (χ4n) is 4.90. The summed E-state index contributed by atoms with van der Waals surface area (Å²) in [4.78, 5) is 30.1. The van der Waals surface area contributed by atoms with Crippen LogP contribution < -0.4 is 14.5 Å². The maximum Gasteiger partial charge on any atom is 0.387 e. The summed E-state index contributed by atoms with van der Waals surface area (Å²) in [5, 5.41) is 0.521. The lowest BCUT2D eigenvalue weighted by Gasteiger charge is -2.38. The van der Waals surface area contributed by atoms with Crippen LogP contribution in [0, 0.1) is 5.92 Å². The number of amides is 1. The van der Waals surface area contributed by atoms with E-state index in [1.165, 1.54) is 59.8 Å². The number of alkyl halides is 2. The van der Waals surface area contributed by atoms with E-state index >= 15 is 0 Å². The van der Waals surface area contributed by atoms with Crippen LogP contribution >= 0.6 is 23.2 Å². The van der Waals surface area contributed by atoms with Gasteiger partial charge in [-0.25, -0.2) is 13.4 Å². The minimum atomic E-state index is -4.18. The van der Waals surface area contributed by atoms with Gasteiger partial charge in [0.1, 0.15) is 22.2 Å². The molecular weight excluding hydrogens is 683 g/mol. The molecule has 16 heteroatoms. The summed E-state index contributed by atoms with van der Waals surface area (Å²) in [5.74, 6) is -1.03. The Balaban J connectivity index is 0.00000500. The summed E-state index contributed by atoms with van der Waals surface area (Å²) in [6.45, 7) is -2.73. The number of hydrogen-bond acceptors (Lipinski definition) is 8. The smallest absolute Gasteiger partial charge is 0.387 e. The van der Waals surface area contributed by atoms with E-state index in [-0.39, 0.29) is 62.8 Å². The van der Waals surface area contributed by atoms with Crippen molar-refractivity contribution >= 4 is 45.1 Å². The Morgan fingerprint density at radius 1 is 1.04 bits per heavy atom. The first kappa shape index (κ1) is 36.3. The molecule has 1 aliphatic heterocycles. The van der Waals surface area contributed by atoms with Crippen molar-refractivity contribution in [2.24, 2.45) is 5.92 Å². The molecule has 1 saturated carbocycles. The van der Waals surface area contributed by atoms with Crippen LogP contribution in [0.3, 0.4) is 0 Å². The second-order valence-corrected chi connectivity index (χ2v) is 14.0. The van der Waals surface area contributed by atoms with Crippen molar-refractivity contribution in [1.82, 2.24) is 9.21 Å². The van der Waals surface area contributed by atoms with Gasteiger partial charge in [0.2, 0.25) is 10.0 Å². The Labute approximate surface area is 280 Å². The van der Waals surface area contributed by atoms with E-state index < -0.39 is 34.7 Å². The number of nitrogens with one attached hydrogen (secondary N) is 1. The number of ether oxygens (including phenoxy) is 3. The highest BCUT2D eigenvalue weighted by molar-refractivity contribution is 7.89. The molecule has 2 N–H and O–H groups in total. The van der Waals surface area contributed by atoms with Crippen LogP contribution in [-0.4, -0.2) is 74.9 Å². The fraction of sp³-hybridized carbons (Fsp3) is 0.387. The number of carbonyl (C=O) groups excluding carboxylic acids is 2. The first-order chi connectivity index (χ1) is 21.8. The summed E-state index contributed by atoms with van der Waals surface area (Å²) in [6.07, 6.45) is 4.03. The summed E-state index contributed by atoms with van der Waals surface area (Å²) < 4.78 is 70.9. The topological polar surface area (TPSA) is 147 Å². The number of nitrogens with zero attached hydrogens (tertiary/aromatic N) is 2. The second kappa shape index (κ2) is 15.1. The third-order valence-corrected chi connectivity index (χ3v) is 10.3. The Hall–Kier alpha value is -3.56. The van der Waals surface area contributed by atoms with Crippen molar-refractivity contribution in [3.05, 3.63) is 81.6 Å². The third kappa shape index (κ3) is 8.49. The van der Waals surface area contributed by atoms with Gasteiger partial charge < -0.3 is 24.6 Å². The lowest BCUT2D eigenvalue weighted by atomic mass is 10.0. The zero-order valence-corrected chi connectivity index (χ0v) is 27.7. The normalized spacial score (nSPS) is 16.9. The molecule has 5 rings (SSSR count). The van der Waals surface area contributed by atoms with Gasteiger partial charge in [-0.2, -0.15) is 13.1 Å². The maximum absolute atomic E-state index is 13.6. The van der Waals surface area contributed by atoms with Gasteiger partial charge in [-0.1, -0.05) is 35.3 Å². The maximum atomic E-state index is 13.6. The molecule has 2 fully saturated rings. The second-order valence-electron chi connectivity index (χ2n) is 11.2. The zero-order valence-electron chi connectivity index (χ0n) is 25.4. The van der Waals surface area contributed by atoms with E-state index in [9.17, 15) is 26.8 Å². The molecule has 0 spiro atoms. The molecule has 2 atom stereocenters. The van der Waals surface area contributed by atoms with Gasteiger partial charge >= 0.3 is 12.6 Å². The summed E-state index contributed by atoms with van der Waals surface area (Å²) in [7, 11) is -1.07. The Morgan fingerprint density at radius 2 is 1.74 bits per heavy atom. The first-order valence-electron chi connectivity index (χ1n) is 14.4. The van der Waals surface area contributed by atoms with E-state index in [0.717, 1.165) is 17.1 Å². The minimum Gasteiger partial charge on any atom is -0.870 e. The van der Waals surface area contributed by atoms with Gasteiger partial charge in [-0.05, 0) is 61.1 Å². The molecule has 1 saturated heterocycles. The zero-order chi connectivity index (χ0) is 33.2. The number of hydrogen-bond donors (Lipinski definition) is 0. The summed E-state index contributed by atoms with van der Waals surface area (Å²) >= 11 is 12.8. The first-order valence-corrected chi connectivity index (χ1v) is 16.6. The highest BCUT2D eigenvalue weighted by Gasteiger charge is 2.45. The van der Waals surface area contributed by atoms with E-state index in [1.807, 2.05) is 0 Å². The number of H-pyrrole nitrogens is 1. The van der Waals surface area contributed by atoms with Crippen LogP contribution in [0.15, 0.2) is 59.8 Å². The van der Waals surface area contributed by atoms with Gasteiger partial charge in [-0.15, -0.1) is 0 Å². The molecule has 0 radical (unpaired) electrons. The van der Waals surface area contributed by atoms with Gasteiger partial charge in [0.25, 0.3) is 5.91 Å². The molecule has 2 heterocycles. The standard InChI is InChI=1S/C31H31Cl2F2N3O7S.H2O/c1-37(2)29(39)20-4-3-5-21(12-20)46(41,42)38-11-10-25(38)30(40)44-27(14-22-23(32)15-36-16-24(22)33)19-8-9-26(45-31(34)35)28(13-19)43-17-18-6-7-18;/h3-5,8-9,12-13,15-16,18,25,27,31H,6-7,10-11,14,17H2,1-2H3;1H2/t25-,27-;/m0./s1. The van der Waals surface area contributed by atoms with E-state index in [2.05, 4.69) is 9.72 Å². The number of esters is 1. The van der Waals surface area contributed by atoms with Gasteiger partial charge in [0, 0.05) is 38.2 Å². The molecule has 1 aliphatic carbocycles. The number of benzene rings is 2. The van der Waals surface area contributed by atoms with Gasteiger partial charge in [-0.3, -0.25) is 9.59 Å². The van der Waals surface area contributed by atoms with Crippen molar-refractivity contribution in [3.8, 4) is 11.5 Å². The Bertz CT molecular complexity index is 1710. The predicted octanol–water partition coefficient (Wildman–Crippen LogP) is 5.01. The third-order valence-electron chi connectivity index (χ3n) is 7.71. The molecule has 11 nitrogen and oxygen atoms in total. The van der Waals surface area contributed by atoms with Gasteiger partial charge in [0.05, 0.1) is 11.5 Å². The van der Waals surface area contributed by atoms with E-state index in [1.54, 1.807) is 14.1 Å². The number of aromatic nitrogens is 1. The predicted molar refractivity (Wildman–Crippen MR) is 166 cm³/mol. The fourth-order valence-corrected chi connectivity index (χ4v) is 7.10. The van der Waals surface area contributed by atoms with Crippen LogP contribution in [-0.2, 0) is 26.0 Å². The van der Waals surface area contributed by atoms with Gasteiger partial charge in [0.15, 0.2) is 23.9 Å². The highest BCUT2D eigenvalue weighted by Crippen LogP contribution is 2.38. The Morgan fingerprint density at radius 3 is 2.34 bits per heavy atom. The van der Waals surface area contributed by atoms with E-state index in [4.69, 9.17) is 32.7 Å². The molecule has 1 amide bonds. The molecule has 254 valence electrons. The van der Waals surface area contributed by atoms with Crippen LogP contribution in [0.5, 0.6) is 11.5 Å². The van der Waals surface area contributed by atoms with Crippen LogP contribution in [0.25, 0.3) is 0 Å². The van der Waals surface area contributed by atoms with E-state index in [0.29, 0.717) is 23.7 Å². The molecule has 2 aliphatic rings. The highest BCUT2D eigenvalue weighted by atomic mass is 35.5. The summed E-state index contributed by atoms with van der Waals surface area (Å²) in [6, 6.07) is 8.65. The van der Waals surface area contributed by atoms with Crippen molar-refractivity contribution < 1.29 is 51.5 Å². The van der Waals surface area contributed by atoms with Crippen LogP contribution in [0.1, 0.15) is 46.9 Å². The molecule has 3 aromatic rings. The largest absolute Gasteiger partial charge is 0.870 e. The lowest BCUT2D eigenvalue weighted by molar-refractivity contribution is -0.377. The monoisotopic (exact) mass is 715 g/mol. The molecule has 1 aromatic heterocycles. The molecule has 0 unspecified atom stereocenters. The average Bonchev–Trinajstić information content (AvgIpc) is 3.81. The van der Waals surface area contributed by atoms with Crippen molar-refractivity contribution in [1.29, 1.82) is 0 Å². The SMILES string of the molecule is CN(C)C(=O)c1cccc(S(=O)(=O)N2CC[C@H]2C(=O)O[C@@H](Cc2c(Cl)c[nH+]cc2Cl)c2ccc(OC(F)F)c(OCC3CC3)c2)c1.[OH-]. The number of rotatable bonds is 13. The lowest BCUT2D eigenvalue weighted by Crippen LogP contribution is -2.55. The number of sulfonamides is 1. The van der Waals surface area contributed by atoms with Crippen molar-refractivity contribution in [3.63, 3.8) is 0 Å². The molecule has 2 aromatic carbocycles. The minimum absolute atomic E-state index is 0. The number of halogens is 4. The number of aromatic amines is 1. The molecule has 0 bridgehead atoms. The number of carbonyl (C=O) groups is 2.